The third-order valence-electron chi connectivity index (χ3n) is 3.19. The van der Waals surface area contributed by atoms with Gasteiger partial charge in [-0.05, 0) is 32.6 Å². The van der Waals surface area contributed by atoms with Crippen LogP contribution >= 0.6 is 0 Å². The molecule has 1 aliphatic carbocycles. The van der Waals surface area contributed by atoms with Crippen molar-refractivity contribution >= 4 is 5.97 Å². The predicted octanol–water partition coefficient (Wildman–Crippen LogP) is 2.37. The normalized spacial score (nSPS) is 30.9. The highest BCUT2D eigenvalue weighted by Crippen LogP contribution is 2.43. The molecule has 1 rings (SSSR count). The molecule has 0 aromatic rings. The van der Waals surface area contributed by atoms with Crippen LogP contribution in [0, 0.1) is 5.92 Å². The van der Waals surface area contributed by atoms with Crippen LogP contribution in [-0.4, -0.2) is 35.6 Å². The number of hydrogen-bond acceptors (Lipinski definition) is 3. The summed E-state index contributed by atoms with van der Waals surface area (Å²) in [5.41, 5.74) is -2.27. The van der Waals surface area contributed by atoms with Crippen molar-refractivity contribution in [3.63, 3.8) is 0 Å². The van der Waals surface area contributed by atoms with E-state index in [1.807, 2.05) is 0 Å². The Morgan fingerprint density at radius 2 is 2.17 bits per heavy atom. The zero-order valence-electron chi connectivity index (χ0n) is 9.97. The molecule has 1 saturated carbocycles. The summed E-state index contributed by atoms with van der Waals surface area (Å²) in [6.07, 6.45) is -8.00. The van der Waals surface area contributed by atoms with Crippen molar-refractivity contribution in [1.29, 1.82) is 0 Å². The van der Waals surface area contributed by atoms with Gasteiger partial charge < -0.3 is 9.84 Å². The van der Waals surface area contributed by atoms with Crippen LogP contribution in [0.5, 0.6) is 0 Å². The Bertz CT molecular complexity index is 305. The molecule has 3 atom stereocenters. The minimum absolute atomic E-state index is 0.0283. The van der Waals surface area contributed by atoms with Crippen LogP contribution in [0.1, 0.15) is 32.6 Å². The van der Waals surface area contributed by atoms with Gasteiger partial charge in [0.2, 0.25) is 6.17 Å². The van der Waals surface area contributed by atoms with Crippen LogP contribution in [0.4, 0.5) is 17.6 Å². The fraction of sp³-hybridized carbons (Fsp3) is 0.909. The van der Waals surface area contributed by atoms with Crippen LogP contribution in [-0.2, 0) is 9.53 Å². The zero-order valence-corrected chi connectivity index (χ0v) is 9.97. The van der Waals surface area contributed by atoms with E-state index in [2.05, 4.69) is 4.74 Å². The van der Waals surface area contributed by atoms with Gasteiger partial charge in [0, 0.05) is 0 Å². The topological polar surface area (TPSA) is 46.5 Å². The Morgan fingerprint density at radius 1 is 1.56 bits per heavy atom. The van der Waals surface area contributed by atoms with Crippen molar-refractivity contribution in [1.82, 2.24) is 0 Å². The van der Waals surface area contributed by atoms with E-state index in [4.69, 9.17) is 0 Å². The quantitative estimate of drug-likeness (QED) is 0.633. The molecular formula is C11H16F4O3. The van der Waals surface area contributed by atoms with Gasteiger partial charge in [-0.15, -0.1) is 0 Å². The molecule has 3 unspecified atom stereocenters. The SMILES string of the molecule is CCOC(=O)C(F)C1(O)CCCC(C(F)(F)F)C1. The number of halogens is 4. The molecule has 1 aliphatic rings. The number of rotatable bonds is 3. The maximum absolute atomic E-state index is 13.7. The van der Waals surface area contributed by atoms with E-state index in [0.29, 0.717) is 0 Å². The maximum Gasteiger partial charge on any atom is 0.391 e. The number of esters is 1. The van der Waals surface area contributed by atoms with Crippen molar-refractivity contribution in [3.05, 3.63) is 0 Å². The van der Waals surface area contributed by atoms with Crippen molar-refractivity contribution in [3.8, 4) is 0 Å². The number of carbonyl (C=O) groups excluding carboxylic acids is 1. The lowest BCUT2D eigenvalue weighted by Crippen LogP contribution is -2.50. The Hall–Kier alpha value is -0.850. The molecule has 1 N–H and O–H groups in total. The average molecular weight is 272 g/mol. The summed E-state index contributed by atoms with van der Waals surface area (Å²) in [4.78, 5) is 11.2. The third-order valence-corrected chi connectivity index (χ3v) is 3.19. The minimum Gasteiger partial charge on any atom is -0.464 e. The second-order valence-corrected chi connectivity index (χ2v) is 4.55. The molecule has 3 nitrogen and oxygen atoms in total. The second-order valence-electron chi connectivity index (χ2n) is 4.55. The summed E-state index contributed by atoms with van der Waals surface area (Å²) in [5.74, 6) is -3.08. The smallest absolute Gasteiger partial charge is 0.391 e. The van der Waals surface area contributed by atoms with Crippen LogP contribution in [0.25, 0.3) is 0 Å². The average Bonchev–Trinajstić information content (AvgIpc) is 2.27. The first-order chi connectivity index (χ1) is 8.20. The summed E-state index contributed by atoms with van der Waals surface area (Å²) in [6.45, 7) is 1.37. The molecule has 0 spiro atoms. The van der Waals surface area contributed by atoms with E-state index in [9.17, 15) is 27.5 Å². The van der Waals surface area contributed by atoms with E-state index in [1.165, 1.54) is 6.92 Å². The summed E-state index contributed by atoms with van der Waals surface area (Å²) >= 11 is 0. The lowest BCUT2D eigenvalue weighted by atomic mass is 9.75. The van der Waals surface area contributed by atoms with Crippen molar-refractivity contribution in [2.24, 2.45) is 5.92 Å². The van der Waals surface area contributed by atoms with Gasteiger partial charge in [0.1, 0.15) is 5.60 Å². The van der Waals surface area contributed by atoms with Gasteiger partial charge in [-0.25, -0.2) is 9.18 Å². The Morgan fingerprint density at radius 3 is 2.67 bits per heavy atom. The van der Waals surface area contributed by atoms with Gasteiger partial charge in [-0.3, -0.25) is 0 Å². The van der Waals surface area contributed by atoms with Gasteiger partial charge in [0.25, 0.3) is 0 Å². The van der Waals surface area contributed by atoms with Crippen LogP contribution in [0.2, 0.25) is 0 Å². The van der Waals surface area contributed by atoms with Crippen LogP contribution < -0.4 is 0 Å². The van der Waals surface area contributed by atoms with Gasteiger partial charge >= 0.3 is 12.1 Å². The number of ether oxygens (including phenoxy) is 1. The van der Waals surface area contributed by atoms with Gasteiger partial charge in [0.15, 0.2) is 0 Å². The highest BCUT2D eigenvalue weighted by atomic mass is 19.4. The lowest BCUT2D eigenvalue weighted by molar-refractivity contribution is -0.211. The first kappa shape index (κ1) is 15.2. The molecule has 0 saturated heterocycles. The minimum atomic E-state index is -4.48. The fourth-order valence-corrected chi connectivity index (χ4v) is 2.23. The van der Waals surface area contributed by atoms with E-state index in [-0.39, 0.29) is 25.9 Å². The molecule has 0 bridgehead atoms. The number of hydrogen-bond donors (Lipinski definition) is 1. The maximum atomic E-state index is 13.7. The number of carbonyl (C=O) groups is 1. The molecule has 106 valence electrons. The summed E-state index contributed by atoms with van der Waals surface area (Å²) in [5, 5.41) is 9.89. The van der Waals surface area contributed by atoms with Crippen LogP contribution in [0.15, 0.2) is 0 Å². The number of alkyl halides is 4. The monoisotopic (exact) mass is 272 g/mol. The molecule has 0 aliphatic heterocycles. The summed E-state index contributed by atoms with van der Waals surface area (Å²) in [7, 11) is 0. The Labute approximate surface area is 102 Å². The molecule has 18 heavy (non-hydrogen) atoms. The van der Waals surface area contributed by atoms with E-state index in [1.54, 1.807) is 0 Å². The molecular weight excluding hydrogens is 256 g/mol. The van der Waals surface area contributed by atoms with Gasteiger partial charge in [-0.2, -0.15) is 13.2 Å². The highest BCUT2D eigenvalue weighted by Gasteiger charge is 2.52. The van der Waals surface area contributed by atoms with Gasteiger partial charge in [-0.1, -0.05) is 0 Å². The molecule has 0 heterocycles. The van der Waals surface area contributed by atoms with Crippen molar-refractivity contribution in [2.45, 2.75) is 50.6 Å². The van der Waals surface area contributed by atoms with E-state index in [0.717, 1.165) is 0 Å². The van der Waals surface area contributed by atoms with Gasteiger partial charge in [0.05, 0.1) is 12.5 Å². The first-order valence-electron chi connectivity index (χ1n) is 5.80. The lowest BCUT2D eigenvalue weighted by Gasteiger charge is -2.38. The fourth-order valence-electron chi connectivity index (χ4n) is 2.23. The zero-order chi connectivity index (χ0) is 14.0. The molecule has 0 aromatic carbocycles. The molecule has 0 radical (unpaired) electrons. The highest BCUT2D eigenvalue weighted by molar-refractivity contribution is 5.76. The largest absolute Gasteiger partial charge is 0.464 e. The van der Waals surface area contributed by atoms with Crippen molar-refractivity contribution < 1.29 is 32.2 Å². The Balaban J connectivity index is 2.76. The summed E-state index contributed by atoms with van der Waals surface area (Å²) < 4.78 is 55.8. The molecule has 7 heteroatoms. The number of aliphatic hydroxyl groups is 1. The molecule has 0 amide bonds. The first-order valence-corrected chi connectivity index (χ1v) is 5.80. The van der Waals surface area contributed by atoms with E-state index < -0.39 is 36.3 Å². The molecule has 0 aromatic heterocycles. The van der Waals surface area contributed by atoms with Crippen LogP contribution in [0.3, 0.4) is 0 Å². The standard InChI is InChI=1S/C11H16F4O3/c1-2-18-9(16)8(12)10(17)5-3-4-7(6-10)11(13,14)15/h7-8,17H,2-6H2,1H3. The third kappa shape index (κ3) is 3.34. The second kappa shape index (κ2) is 5.42. The predicted molar refractivity (Wildman–Crippen MR) is 54.5 cm³/mol. The van der Waals surface area contributed by atoms with E-state index >= 15 is 0 Å². The van der Waals surface area contributed by atoms with Crippen molar-refractivity contribution in [2.75, 3.05) is 6.61 Å². The summed E-state index contributed by atoms with van der Waals surface area (Å²) in [6, 6.07) is 0. The molecule has 1 fully saturated rings. The Kier molecular flexibility index (Phi) is 4.58.